The number of fused-ring (bicyclic) bond motifs is 7. The van der Waals surface area contributed by atoms with Gasteiger partial charge in [0.2, 0.25) is 0 Å². The van der Waals surface area contributed by atoms with Crippen molar-refractivity contribution in [3.05, 3.63) is 83.9 Å². The third-order valence-corrected chi connectivity index (χ3v) is 9.61. The first-order valence-corrected chi connectivity index (χ1v) is 13.4. The molecule has 0 atom stereocenters. The summed E-state index contributed by atoms with van der Waals surface area (Å²) < 4.78 is 17.8. The molecule has 0 radical (unpaired) electrons. The zero-order valence-corrected chi connectivity index (χ0v) is 22.2. The number of aromatic nitrogens is 1. The molecule has 6 aromatic rings. The molecule has 3 heterocycles. The summed E-state index contributed by atoms with van der Waals surface area (Å²) in [5.74, 6) is 0. The molecule has 0 saturated carbocycles. The van der Waals surface area contributed by atoms with E-state index >= 15 is 0 Å². The predicted molar refractivity (Wildman–Crippen MR) is 154 cm³/mol. The van der Waals surface area contributed by atoms with Gasteiger partial charge in [0.1, 0.15) is 0 Å². The van der Waals surface area contributed by atoms with E-state index in [4.69, 9.17) is 20.9 Å². The number of benzene rings is 4. The van der Waals surface area contributed by atoms with E-state index in [-0.39, 0.29) is 0 Å². The monoisotopic (exact) mass is 509 g/mol. The first kappa shape index (κ1) is 22.4. The van der Waals surface area contributed by atoms with Gasteiger partial charge in [-0.3, -0.25) is 0 Å². The molecule has 36 heavy (non-hydrogen) atoms. The molecular weight excluding hydrogens is 485 g/mol. The van der Waals surface area contributed by atoms with Crippen molar-refractivity contribution < 1.29 is 9.31 Å². The molecule has 0 aliphatic carbocycles. The Morgan fingerprint density at radius 1 is 0.667 bits per heavy atom. The van der Waals surface area contributed by atoms with Gasteiger partial charge in [-0.25, -0.2) is 0 Å². The van der Waals surface area contributed by atoms with Gasteiger partial charge >= 0.3 is 7.12 Å². The standard InChI is InChI=1S/C30H25BClNO2S/c1-29(2)30(3,4)35-31(34-29)23-14-8-12-19-20-16-17-22-21-13-9-15-24(32)27(21)36-28(22)26(20)33(25(19)23)18-10-6-5-7-11-18/h5-17H,1-4H3. The lowest BCUT2D eigenvalue weighted by atomic mass is 9.77. The van der Waals surface area contributed by atoms with Gasteiger partial charge < -0.3 is 13.9 Å². The number of para-hydroxylation sites is 2. The van der Waals surface area contributed by atoms with Gasteiger partial charge in [0.15, 0.2) is 0 Å². The molecule has 0 unspecified atom stereocenters. The van der Waals surface area contributed by atoms with Gasteiger partial charge in [-0.05, 0) is 45.9 Å². The molecule has 0 bridgehead atoms. The van der Waals surface area contributed by atoms with Gasteiger partial charge in [0, 0.05) is 32.7 Å². The second-order valence-corrected chi connectivity index (χ2v) is 12.0. The Morgan fingerprint density at radius 2 is 1.28 bits per heavy atom. The summed E-state index contributed by atoms with van der Waals surface area (Å²) in [5.41, 5.74) is 3.62. The highest BCUT2D eigenvalue weighted by molar-refractivity contribution is 7.27. The van der Waals surface area contributed by atoms with E-state index in [0.717, 1.165) is 26.4 Å². The Morgan fingerprint density at radius 3 is 2.03 bits per heavy atom. The lowest BCUT2D eigenvalue weighted by molar-refractivity contribution is 0.00578. The SMILES string of the molecule is CC1(C)OB(c2cccc3c4ccc5c6cccc(Cl)c6sc5c4n(-c4ccccc4)c23)OC1(C)C. The largest absolute Gasteiger partial charge is 0.497 e. The van der Waals surface area contributed by atoms with Crippen LogP contribution in [0, 0.1) is 0 Å². The van der Waals surface area contributed by atoms with Crippen molar-refractivity contribution in [2.75, 3.05) is 0 Å². The average Bonchev–Trinajstić information content (AvgIpc) is 3.47. The fourth-order valence-electron chi connectivity index (χ4n) is 5.39. The summed E-state index contributed by atoms with van der Waals surface area (Å²) in [7, 11) is -0.460. The van der Waals surface area contributed by atoms with Crippen LogP contribution in [-0.2, 0) is 9.31 Å². The van der Waals surface area contributed by atoms with Crippen LogP contribution in [0.4, 0.5) is 0 Å². The molecule has 0 spiro atoms. The highest BCUT2D eigenvalue weighted by atomic mass is 35.5. The van der Waals surface area contributed by atoms with Crippen LogP contribution in [0.1, 0.15) is 27.7 Å². The Labute approximate surface area is 219 Å². The Bertz CT molecular complexity index is 1800. The number of rotatable bonds is 2. The van der Waals surface area contributed by atoms with Gasteiger partial charge in [0.25, 0.3) is 0 Å². The second-order valence-electron chi connectivity index (χ2n) is 10.6. The lowest BCUT2D eigenvalue weighted by Gasteiger charge is -2.32. The number of nitrogens with zero attached hydrogens (tertiary/aromatic N) is 1. The van der Waals surface area contributed by atoms with Crippen LogP contribution in [0.2, 0.25) is 5.02 Å². The zero-order valence-electron chi connectivity index (χ0n) is 20.6. The highest BCUT2D eigenvalue weighted by Gasteiger charge is 2.52. The Hall–Kier alpha value is -2.83. The molecular formula is C30H25BClNO2S. The fraction of sp³-hybridized carbons (Fsp3) is 0.200. The minimum atomic E-state index is -0.460. The number of hydrogen-bond acceptors (Lipinski definition) is 3. The molecule has 1 saturated heterocycles. The van der Waals surface area contributed by atoms with E-state index in [1.54, 1.807) is 11.3 Å². The van der Waals surface area contributed by atoms with Crippen molar-refractivity contribution in [3.63, 3.8) is 0 Å². The normalized spacial score (nSPS) is 17.2. The molecule has 1 aliphatic rings. The molecule has 1 fully saturated rings. The third-order valence-electron chi connectivity index (χ3n) is 7.92. The minimum Gasteiger partial charge on any atom is -0.399 e. The van der Waals surface area contributed by atoms with Crippen LogP contribution in [0.3, 0.4) is 0 Å². The molecule has 0 N–H and O–H groups in total. The lowest BCUT2D eigenvalue weighted by Crippen LogP contribution is -2.41. The van der Waals surface area contributed by atoms with Crippen LogP contribution in [0.5, 0.6) is 0 Å². The zero-order chi connectivity index (χ0) is 24.8. The number of hydrogen-bond donors (Lipinski definition) is 0. The molecule has 0 amide bonds. The summed E-state index contributed by atoms with van der Waals surface area (Å²) in [4.78, 5) is 0. The summed E-state index contributed by atoms with van der Waals surface area (Å²) in [6.07, 6.45) is 0. The van der Waals surface area contributed by atoms with Gasteiger partial charge in [-0.15, -0.1) is 11.3 Å². The molecule has 4 aromatic carbocycles. The molecule has 6 heteroatoms. The van der Waals surface area contributed by atoms with Crippen LogP contribution in [0.15, 0.2) is 78.9 Å². The molecule has 3 nitrogen and oxygen atoms in total. The second kappa shape index (κ2) is 7.59. The van der Waals surface area contributed by atoms with Crippen molar-refractivity contribution in [2.24, 2.45) is 0 Å². The van der Waals surface area contributed by atoms with Gasteiger partial charge in [0.05, 0.1) is 36.7 Å². The summed E-state index contributed by atoms with van der Waals surface area (Å²) >= 11 is 8.41. The molecule has 2 aromatic heterocycles. The van der Waals surface area contributed by atoms with Crippen molar-refractivity contribution in [1.82, 2.24) is 4.57 Å². The number of halogens is 1. The summed E-state index contributed by atoms with van der Waals surface area (Å²) in [6, 6.07) is 27.7. The van der Waals surface area contributed by atoms with Crippen LogP contribution in [-0.4, -0.2) is 22.9 Å². The Kier molecular flexibility index (Phi) is 4.72. The fourth-order valence-corrected chi connectivity index (χ4v) is 6.92. The van der Waals surface area contributed by atoms with E-state index in [9.17, 15) is 0 Å². The first-order chi connectivity index (χ1) is 17.3. The molecule has 178 valence electrons. The van der Waals surface area contributed by atoms with Gasteiger partial charge in [-0.1, -0.05) is 72.3 Å². The van der Waals surface area contributed by atoms with E-state index in [2.05, 4.69) is 99.0 Å². The summed E-state index contributed by atoms with van der Waals surface area (Å²) in [6.45, 7) is 8.41. The van der Waals surface area contributed by atoms with Crippen molar-refractivity contribution in [1.29, 1.82) is 0 Å². The maximum atomic E-state index is 6.65. The van der Waals surface area contributed by atoms with Crippen LogP contribution in [0.25, 0.3) is 47.7 Å². The van der Waals surface area contributed by atoms with E-state index < -0.39 is 18.3 Å². The van der Waals surface area contributed by atoms with Crippen LogP contribution >= 0.6 is 22.9 Å². The predicted octanol–water partition coefficient (Wildman–Crippen LogP) is 8.10. The van der Waals surface area contributed by atoms with Crippen LogP contribution < -0.4 is 5.46 Å². The third kappa shape index (κ3) is 3.01. The molecule has 7 rings (SSSR count). The minimum absolute atomic E-state index is 0.418. The highest BCUT2D eigenvalue weighted by Crippen LogP contribution is 2.45. The topological polar surface area (TPSA) is 23.4 Å². The quantitative estimate of drug-likeness (QED) is 0.220. The van der Waals surface area contributed by atoms with Gasteiger partial charge in [-0.2, -0.15) is 0 Å². The van der Waals surface area contributed by atoms with Crippen molar-refractivity contribution in [2.45, 2.75) is 38.9 Å². The smallest absolute Gasteiger partial charge is 0.399 e. The number of thiophene rings is 1. The van der Waals surface area contributed by atoms with E-state index in [1.807, 2.05) is 12.1 Å². The van der Waals surface area contributed by atoms with Crippen molar-refractivity contribution in [3.8, 4) is 5.69 Å². The van der Waals surface area contributed by atoms with Crippen molar-refractivity contribution >= 4 is 77.5 Å². The maximum absolute atomic E-state index is 6.65. The molecule has 1 aliphatic heterocycles. The average molecular weight is 510 g/mol. The maximum Gasteiger partial charge on any atom is 0.497 e. The van der Waals surface area contributed by atoms with E-state index in [1.165, 1.54) is 31.8 Å². The Balaban J connectivity index is 1.64. The first-order valence-electron chi connectivity index (χ1n) is 12.2. The van der Waals surface area contributed by atoms with E-state index in [0.29, 0.717) is 0 Å². The summed E-state index contributed by atoms with van der Waals surface area (Å²) in [5, 5.41) is 5.61.